The highest BCUT2D eigenvalue weighted by Crippen LogP contribution is 2.25. The SMILES string of the molecule is CC(C(=O)N(C)Cc1ccc(Br)cc1)N1C[C@@H](C)[C@H](C(=O)O)C1. The second-order valence-corrected chi connectivity index (χ2v) is 7.29. The van der Waals surface area contributed by atoms with E-state index in [1.165, 1.54) is 0 Å². The highest BCUT2D eigenvalue weighted by molar-refractivity contribution is 9.10. The standard InChI is InChI=1S/C17H23BrN2O3/c1-11-8-20(10-15(11)17(22)23)12(2)16(21)19(3)9-13-4-6-14(18)7-5-13/h4-7,11-12,15H,8-10H2,1-3H3,(H,22,23)/t11-,12?,15-/m1/s1. The molecule has 1 fully saturated rings. The number of halogens is 1. The Morgan fingerprint density at radius 3 is 2.48 bits per heavy atom. The Morgan fingerprint density at radius 1 is 1.35 bits per heavy atom. The van der Waals surface area contributed by atoms with Crippen LogP contribution in [0, 0.1) is 11.8 Å². The molecule has 1 aliphatic rings. The first-order chi connectivity index (χ1) is 10.8. The number of carbonyl (C=O) groups excluding carboxylic acids is 1. The number of likely N-dealkylation sites (tertiary alicyclic amines) is 1. The van der Waals surface area contributed by atoms with Crippen molar-refractivity contribution in [3.05, 3.63) is 34.3 Å². The van der Waals surface area contributed by atoms with Crippen molar-refractivity contribution in [2.24, 2.45) is 11.8 Å². The average molecular weight is 383 g/mol. The van der Waals surface area contributed by atoms with Crippen molar-refractivity contribution in [2.45, 2.75) is 26.4 Å². The van der Waals surface area contributed by atoms with E-state index in [0.29, 0.717) is 19.6 Å². The van der Waals surface area contributed by atoms with E-state index in [1.807, 2.05) is 43.0 Å². The van der Waals surface area contributed by atoms with E-state index < -0.39 is 5.97 Å². The summed E-state index contributed by atoms with van der Waals surface area (Å²) in [6, 6.07) is 7.57. The van der Waals surface area contributed by atoms with Gasteiger partial charge < -0.3 is 10.0 Å². The molecule has 0 saturated carbocycles. The lowest BCUT2D eigenvalue weighted by Gasteiger charge is -2.28. The zero-order valence-electron chi connectivity index (χ0n) is 13.7. The third-order valence-corrected chi connectivity index (χ3v) is 5.10. The van der Waals surface area contributed by atoms with Crippen LogP contribution in [-0.2, 0) is 16.1 Å². The Bertz CT molecular complexity index is 576. The fourth-order valence-corrected chi connectivity index (χ4v) is 3.32. The van der Waals surface area contributed by atoms with Crippen molar-refractivity contribution >= 4 is 27.8 Å². The molecule has 6 heteroatoms. The largest absolute Gasteiger partial charge is 0.481 e. The molecule has 1 unspecified atom stereocenters. The van der Waals surface area contributed by atoms with Gasteiger partial charge in [0, 0.05) is 31.2 Å². The number of aliphatic carboxylic acids is 1. The number of carboxylic acids is 1. The molecule has 0 aliphatic carbocycles. The molecule has 0 bridgehead atoms. The van der Waals surface area contributed by atoms with Gasteiger partial charge in [0.15, 0.2) is 0 Å². The highest BCUT2D eigenvalue weighted by atomic mass is 79.9. The van der Waals surface area contributed by atoms with Crippen LogP contribution in [0.1, 0.15) is 19.4 Å². The summed E-state index contributed by atoms with van der Waals surface area (Å²) < 4.78 is 1.01. The molecule has 0 spiro atoms. The predicted octanol–water partition coefficient (Wildman–Crippen LogP) is 2.45. The lowest BCUT2D eigenvalue weighted by atomic mass is 9.99. The molecule has 1 aromatic rings. The van der Waals surface area contributed by atoms with Crippen LogP contribution >= 0.6 is 15.9 Å². The van der Waals surface area contributed by atoms with Crippen LogP contribution in [0.3, 0.4) is 0 Å². The third-order valence-electron chi connectivity index (χ3n) is 4.57. The quantitative estimate of drug-likeness (QED) is 0.849. The van der Waals surface area contributed by atoms with Crippen LogP contribution < -0.4 is 0 Å². The zero-order chi connectivity index (χ0) is 17.1. The fourth-order valence-electron chi connectivity index (χ4n) is 3.06. The van der Waals surface area contributed by atoms with Gasteiger partial charge in [-0.15, -0.1) is 0 Å². The fraction of sp³-hybridized carbons (Fsp3) is 0.529. The maximum Gasteiger partial charge on any atom is 0.308 e. The number of likely N-dealkylation sites (N-methyl/N-ethyl adjacent to an activating group) is 1. The second kappa shape index (κ2) is 7.45. The van der Waals surface area contributed by atoms with Gasteiger partial charge in [0.05, 0.1) is 12.0 Å². The summed E-state index contributed by atoms with van der Waals surface area (Å²) in [7, 11) is 1.79. The van der Waals surface area contributed by atoms with Crippen molar-refractivity contribution in [3.63, 3.8) is 0 Å². The van der Waals surface area contributed by atoms with Gasteiger partial charge in [-0.3, -0.25) is 14.5 Å². The number of rotatable bonds is 5. The van der Waals surface area contributed by atoms with Crippen molar-refractivity contribution in [3.8, 4) is 0 Å². The number of benzene rings is 1. The molecule has 23 heavy (non-hydrogen) atoms. The van der Waals surface area contributed by atoms with Crippen molar-refractivity contribution in [2.75, 3.05) is 20.1 Å². The summed E-state index contributed by atoms with van der Waals surface area (Å²) in [5, 5.41) is 9.22. The van der Waals surface area contributed by atoms with Crippen LogP contribution in [-0.4, -0.2) is 53.0 Å². The monoisotopic (exact) mass is 382 g/mol. The Hall–Kier alpha value is -1.40. The molecule has 1 heterocycles. The lowest BCUT2D eigenvalue weighted by molar-refractivity contribution is -0.143. The second-order valence-electron chi connectivity index (χ2n) is 6.37. The van der Waals surface area contributed by atoms with Gasteiger partial charge in [-0.25, -0.2) is 0 Å². The van der Waals surface area contributed by atoms with Gasteiger partial charge in [-0.2, -0.15) is 0 Å². The highest BCUT2D eigenvalue weighted by Gasteiger charge is 2.38. The molecule has 1 aromatic carbocycles. The Morgan fingerprint density at radius 2 is 1.96 bits per heavy atom. The molecular formula is C17H23BrN2O3. The average Bonchev–Trinajstić information content (AvgIpc) is 2.90. The summed E-state index contributed by atoms with van der Waals surface area (Å²) in [6.07, 6.45) is 0. The first-order valence-corrected chi connectivity index (χ1v) is 8.55. The molecule has 1 amide bonds. The van der Waals surface area contributed by atoms with Crippen molar-refractivity contribution < 1.29 is 14.7 Å². The minimum absolute atomic E-state index is 0.0196. The van der Waals surface area contributed by atoms with Crippen LogP contribution in [0.2, 0.25) is 0 Å². The van der Waals surface area contributed by atoms with Gasteiger partial charge >= 0.3 is 5.97 Å². The molecule has 2 rings (SSSR count). The van der Waals surface area contributed by atoms with Gasteiger partial charge in [0.1, 0.15) is 0 Å². The molecule has 126 valence electrons. The van der Waals surface area contributed by atoms with Crippen molar-refractivity contribution in [1.82, 2.24) is 9.80 Å². The Kier molecular flexibility index (Phi) is 5.81. The van der Waals surface area contributed by atoms with Gasteiger partial charge in [-0.1, -0.05) is 35.0 Å². The topological polar surface area (TPSA) is 60.9 Å². The smallest absolute Gasteiger partial charge is 0.308 e. The third kappa shape index (κ3) is 4.32. The molecule has 3 atom stereocenters. The number of amides is 1. The summed E-state index contributed by atoms with van der Waals surface area (Å²) in [5.74, 6) is -1.07. The predicted molar refractivity (Wildman–Crippen MR) is 91.9 cm³/mol. The van der Waals surface area contributed by atoms with Gasteiger partial charge in [0.2, 0.25) is 5.91 Å². The maximum atomic E-state index is 12.6. The van der Waals surface area contributed by atoms with E-state index in [2.05, 4.69) is 15.9 Å². The molecule has 1 aliphatic heterocycles. The van der Waals surface area contributed by atoms with E-state index in [1.54, 1.807) is 11.9 Å². The van der Waals surface area contributed by atoms with E-state index in [9.17, 15) is 14.7 Å². The normalized spacial score (nSPS) is 22.8. The van der Waals surface area contributed by atoms with Crippen LogP contribution in [0.4, 0.5) is 0 Å². The van der Waals surface area contributed by atoms with Crippen LogP contribution in [0.25, 0.3) is 0 Å². The summed E-state index contributed by atoms with van der Waals surface area (Å²) in [4.78, 5) is 27.5. The molecule has 5 nitrogen and oxygen atoms in total. The zero-order valence-corrected chi connectivity index (χ0v) is 15.3. The summed E-state index contributed by atoms with van der Waals surface area (Å²) in [6.45, 7) is 5.42. The number of carbonyl (C=O) groups is 2. The van der Waals surface area contributed by atoms with E-state index >= 15 is 0 Å². The number of hydrogen-bond donors (Lipinski definition) is 1. The minimum atomic E-state index is -0.775. The first-order valence-electron chi connectivity index (χ1n) is 7.76. The molecule has 0 aromatic heterocycles. The van der Waals surface area contributed by atoms with E-state index in [0.717, 1.165) is 10.0 Å². The summed E-state index contributed by atoms with van der Waals surface area (Å²) >= 11 is 3.40. The van der Waals surface area contributed by atoms with E-state index in [4.69, 9.17) is 0 Å². The molecule has 1 saturated heterocycles. The number of hydrogen-bond acceptors (Lipinski definition) is 3. The Balaban J connectivity index is 1.96. The summed E-state index contributed by atoms with van der Waals surface area (Å²) in [5.41, 5.74) is 1.06. The maximum absolute atomic E-state index is 12.6. The van der Waals surface area contributed by atoms with Crippen LogP contribution in [0.15, 0.2) is 28.7 Å². The van der Waals surface area contributed by atoms with Gasteiger partial charge in [0.25, 0.3) is 0 Å². The molecule has 1 N–H and O–H groups in total. The lowest BCUT2D eigenvalue weighted by Crippen LogP contribution is -2.45. The Labute approximate surface area is 145 Å². The number of carboxylic acid groups (broad SMARTS) is 1. The molecule has 0 radical (unpaired) electrons. The van der Waals surface area contributed by atoms with Crippen molar-refractivity contribution in [1.29, 1.82) is 0 Å². The number of nitrogens with zero attached hydrogens (tertiary/aromatic N) is 2. The molecular weight excluding hydrogens is 360 g/mol. The van der Waals surface area contributed by atoms with E-state index in [-0.39, 0.29) is 23.8 Å². The van der Waals surface area contributed by atoms with Gasteiger partial charge in [-0.05, 0) is 30.5 Å². The minimum Gasteiger partial charge on any atom is -0.481 e. The first kappa shape index (κ1) is 17.9. The van der Waals surface area contributed by atoms with Crippen LogP contribution in [0.5, 0.6) is 0 Å².